The van der Waals surface area contributed by atoms with Crippen molar-refractivity contribution in [3.05, 3.63) is 75.3 Å². The third-order valence-electron chi connectivity index (χ3n) is 3.77. The summed E-state index contributed by atoms with van der Waals surface area (Å²) in [7, 11) is 0. The maximum Gasteiger partial charge on any atom is 0.331 e. The van der Waals surface area contributed by atoms with E-state index in [0.29, 0.717) is 10.6 Å². The Morgan fingerprint density at radius 2 is 1.62 bits per heavy atom. The first-order valence-electron chi connectivity index (χ1n) is 7.58. The van der Waals surface area contributed by atoms with Gasteiger partial charge in [-0.3, -0.25) is 4.79 Å². The fourth-order valence-corrected chi connectivity index (χ4v) is 2.39. The summed E-state index contributed by atoms with van der Waals surface area (Å²) in [5.41, 5.74) is 4.47. The van der Waals surface area contributed by atoms with Gasteiger partial charge in [0.25, 0.3) is 0 Å². The normalized spacial score (nSPS) is 10.8. The topological polar surface area (TPSA) is 43.4 Å². The van der Waals surface area contributed by atoms with Crippen LogP contribution in [-0.4, -0.2) is 18.4 Å². The number of benzene rings is 2. The molecule has 0 heterocycles. The molecule has 0 aliphatic heterocycles. The smallest absolute Gasteiger partial charge is 0.331 e. The molecule has 0 amide bonds. The Balaban J connectivity index is 1.95. The van der Waals surface area contributed by atoms with Crippen LogP contribution < -0.4 is 0 Å². The molecule has 0 fully saturated rings. The number of Topliss-reactive ketones (excluding diaryl/α,β-unsaturated/α-hetero) is 1. The van der Waals surface area contributed by atoms with Crippen LogP contribution in [0, 0.1) is 20.8 Å². The van der Waals surface area contributed by atoms with Gasteiger partial charge in [0.1, 0.15) is 0 Å². The Bertz CT molecular complexity index is 789. The molecule has 0 atom stereocenters. The third-order valence-corrected chi connectivity index (χ3v) is 4.02. The predicted molar refractivity (Wildman–Crippen MR) is 96.4 cm³/mol. The van der Waals surface area contributed by atoms with Crippen molar-refractivity contribution in [3.63, 3.8) is 0 Å². The zero-order valence-electron chi connectivity index (χ0n) is 13.9. The Morgan fingerprint density at radius 1 is 1.00 bits per heavy atom. The van der Waals surface area contributed by atoms with E-state index in [1.54, 1.807) is 30.3 Å². The molecule has 2 aromatic carbocycles. The van der Waals surface area contributed by atoms with Crippen LogP contribution in [0.3, 0.4) is 0 Å². The first kappa shape index (κ1) is 18.0. The van der Waals surface area contributed by atoms with Gasteiger partial charge in [0.05, 0.1) is 0 Å². The minimum Gasteiger partial charge on any atom is -0.454 e. The summed E-state index contributed by atoms with van der Waals surface area (Å²) in [6.07, 6.45) is 2.91. The molecule has 3 nitrogen and oxygen atoms in total. The molecule has 0 radical (unpaired) electrons. The molecule has 4 heteroatoms. The summed E-state index contributed by atoms with van der Waals surface area (Å²) in [6, 6.07) is 10.8. The summed E-state index contributed by atoms with van der Waals surface area (Å²) in [6.45, 7) is 5.56. The second kappa shape index (κ2) is 7.93. The molecule has 124 valence electrons. The molecule has 2 aromatic rings. The molecule has 0 spiro atoms. The fourth-order valence-electron chi connectivity index (χ4n) is 2.26. The molecule has 0 saturated carbocycles. The Kier molecular flexibility index (Phi) is 5.93. The highest BCUT2D eigenvalue weighted by atomic mass is 35.5. The van der Waals surface area contributed by atoms with Crippen molar-refractivity contribution < 1.29 is 14.3 Å². The van der Waals surface area contributed by atoms with Gasteiger partial charge in [-0.15, -0.1) is 0 Å². The van der Waals surface area contributed by atoms with Gasteiger partial charge in [0, 0.05) is 16.7 Å². The van der Waals surface area contributed by atoms with Crippen LogP contribution in [0.1, 0.15) is 32.6 Å². The lowest BCUT2D eigenvalue weighted by Gasteiger charge is -2.09. The van der Waals surface area contributed by atoms with E-state index >= 15 is 0 Å². The average molecular weight is 343 g/mol. The van der Waals surface area contributed by atoms with Crippen LogP contribution >= 0.6 is 11.6 Å². The number of halogens is 1. The van der Waals surface area contributed by atoms with Crippen molar-refractivity contribution in [2.75, 3.05) is 6.61 Å². The van der Waals surface area contributed by atoms with Crippen LogP contribution in [0.5, 0.6) is 0 Å². The largest absolute Gasteiger partial charge is 0.454 e. The summed E-state index contributed by atoms with van der Waals surface area (Å²) in [4.78, 5) is 24.0. The van der Waals surface area contributed by atoms with Gasteiger partial charge in [-0.25, -0.2) is 4.79 Å². The molecule has 0 saturated heterocycles. The van der Waals surface area contributed by atoms with Gasteiger partial charge < -0.3 is 4.74 Å². The Labute approximate surface area is 146 Å². The number of carbonyl (C=O) groups excluding carboxylic acids is 2. The lowest BCUT2D eigenvalue weighted by atomic mass is 9.98. The number of hydrogen-bond donors (Lipinski definition) is 0. The molecular formula is C20H19ClO3. The van der Waals surface area contributed by atoms with E-state index in [0.717, 1.165) is 22.3 Å². The number of carbonyl (C=O) groups is 2. The minimum absolute atomic E-state index is 0.205. The number of hydrogen-bond acceptors (Lipinski definition) is 3. The lowest BCUT2D eigenvalue weighted by Crippen LogP contribution is -2.14. The maximum atomic E-state index is 12.2. The van der Waals surface area contributed by atoms with E-state index in [1.807, 2.05) is 32.9 Å². The maximum absolute atomic E-state index is 12.2. The molecule has 24 heavy (non-hydrogen) atoms. The number of ketones is 1. The highest BCUT2D eigenvalue weighted by molar-refractivity contribution is 6.30. The lowest BCUT2D eigenvalue weighted by molar-refractivity contribution is -0.136. The zero-order valence-corrected chi connectivity index (χ0v) is 14.7. The molecule has 0 unspecified atom stereocenters. The van der Waals surface area contributed by atoms with Gasteiger partial charge in [-0.1, -0.05) is 29.8 Å². The van der Waals surface area contributed by atoms with E-state index in [9.17, 15) is 9.59 Å². The molecular weight excluding hydrogens is 324 g/mol. The Morgan fingerprint density at radius 3 is 2.29 bits per heavy atom. The standard InChI is InChI=1S/C20H19ClO3/c1-13-10-15(3)18(11-14(13)2)19(22)12-24-20(23)9-6-16-4-7-17(21)8-5-16/h4-11H,12H2,1-3H3/b9-6+. The molecule has 0 aliphatic rings. The van der Waals surface area contributed by atoms with Crippen molar-refractivity contribution in [3.8, 4) is 0 Å². The molecule has 0 bridgehead atoms. The summed E-state index contributed by atoms with van der Waals surface area (Å²) in [5, 5.41) is 0.629. The summed E-state index contributed by atoms with van der Waals surface area (Å²) >= 11 is 5.80. The predicted octanol–water partition coefficient (Wildman–Crippen LogP) is 4.70. The van der Waals surface area contributed by atoms with Crippen LogP contribution in [0.25, 0.3) is 6.08 Å². The van der Waals surface area contributed by atoms with Crippen molar-refractivity contribution in [2.24, 2.45) is 0 Å². The molecule has 0 N–H and O–H groups in total. The molecule has 0 aliphatic carbocycles. The van der Waals surface area contributed by atoms with Gasteiger partial charge in [-0.2, -0.15) is 0 Å². The minimum atomic E-state index is -0.556. The average Bonchev–Trinajstić information content (AvgIpc) is 2.55. The van der Waals surface area contributed by atoms with Gasteiger partial charge in [0.2, 0.25) is 5.78 Å². The Hall–Kier alpha value is -2.39. The first-order valence-corrected chi connectivity index (χ1v) is 7.96. The van der Waals surface area contributed by atoms with Crippen LogP contribution in [0.4, 0.5) is 0 Å². The summed E-state index contributed by atoms with van der Waals surface area (Å²) in [5.74, 6) is -0.761. The molecule has 2 rings (SSSR count). The number of rotatable bonds is 5. The van der Waals surface area contributed by atoms with Gasteiger partial charge in [-0.05, 0) is 67.3 Å². The second-order valence-electron chi connectivity index (χ2n) is 5.67. The SMILES string of the molecule is Cc1cc(C)c(C(=O)COC(=O)/C=C/c2ccc(Cl)cc2)cc1C. The first-order chi connectivity index (χ1) is 11.4. The van der Waals surface area contributed by atoms with Crippen molar-refractivity contribution in [2.45, 2.75) is 20.8 Å². The van der Waals surface area contributed by atoms with E-state index in [4.69, 9.17) is 16.3 Å². The van der Waals surface area contributed by atoms with Crippen molar-refractivity contribution >= 4 is 29.4 Å². The highest BCUT2D eigenvalue weighted by Gasteiger charge is 2.12. The van der Waals surface area contributed by atoms with E-state index < -0.39 is 5.97 Å². The van der Waals surface area contributed by atoms with Crippen LogP contribution in [0.15, 0.2) is 42.5 Å². The quantitative estimate of drug-likeness (QED) is 0.449. The zero-order chi connectivity index (χ0) is 17.7. The van der Waals surface area contributed by atoms with Gasteiger partial charge >= 0.3 is 5.97 Å². The van der Waals surface area contributed by atoms with Crippen LogP contribution in [0.2, 0.25) is 5.02 Å². The third kappa shape index (κ3) is 4.80. The number of aryl methyl sites for hydroxylation is 3. The second-order valence-corrected chi connectivity index (χ2v) is 6.10. The van der Waals surface area contributed by atoms with Crippen LogP contribution in [-0.2, 0) is 9.53 Å². The van der Waals surface area contributed by atoms with Crippen molar-refractivity contribution in [1.29, 1.82) is 0 Å². The molecule has 0 aromatic heterocycles. The number of esters is 1. The van der Waals surface area contributed by atoms with E-state index in [-0.39, 0.29) is 12.4 Å². The fraction of sp³-hybridized carbons (Fsp3) is 0.200. The van der Waals surface area contributed by atoms with E-state index in [1.165, 1.54) is 6.08 Å². The highest BCUT2D eigenvalue weighted by Crippen LogP contribution is 2.16. The van der Waals surface area contributed by atoms with E-state index in [2.05, 4.69) is 0 Å². The van der Waals surface area contributed by atoms with Gasteiger partial charge in [0.15, 0.2) is 6.61 Å². The summed E-state index contributed by atoms with van der Waals surface area (Å²) < 4.78 is 5.03. The van der Waals surface area contributed by atoms with Crippen molar-refractivity contribution in [1.82, 2.24) is 0 Å². The monoisotopic (exact) mass is 342 g/mol. The number of ether oxygens (including phenoxy) is 1.